The van der Waals surface area contributed by atoms with E-state index in [1.165, 1.54) is 6.92 Å². The number of nitrogens with one attached hydrogen (secondary N) is 2. The Labute approximate surface area is 172 Å². The number of carbonyl (C=O) groups is 2. The van der Waals surface area contributed by atoms with Gasteiger partial charge in [0.1, 0.15) is 0 Å². The van der Waals surface area contributed by atoms with Crippen LogP contribution in [0.2, 0.25) is 5.82 Å². The molecule has 0 aliphatic heterocycles. The van der Waals surface area contributed by atoms with Gasteiger partial charge in [-0.2, -0.15) is 0 Å². The van der Waals surface area contributed by atoms with Crippen LogP contribution in [0.3, 0.4) is 0 Å². The lowest BCUT2D eigenvalue weighted by Gasteiger charge is -2.18. The van der Waals surface area contributed by atoms with E-state index in [1.807, 2.05) is 56.3 Å². The number of hydrogen-bond donors (Lipinski definition) is 4. The molecule has 2 aromatic rings. The minimum atomic E-state index is -1.51. The highest BCUT2D eigenvalue weighted by Gasteiger charge is 2.25. The molecule has 0 aliphatic rings. The van der Waals surface area contributed by atoms with Crippen LogP contribution in [0.5, 0.6) is 0 Å². The summed E-state index contributed by atoms with van der Waals surface area (Å²) in [6.07, 6.45) is 0.682. The topological polar surface area (TPSA) is 98.7 Å². The van der Waals surface area contributed by atoms with Gasteiger partial charge in [-0.25, -0.2) is 0 Å². The van der Waals surface area contributed by atoms with Gasteiger partial charge in [0, 0.05) is 25.8 Å². The predicted octanol–water partition coefficient (Wildman–Crippen LogP) is 1.68. The maximum absolute atomic E-state index is 12.3. The molecule has 4 N–H and O–H groups in total. The molecule has 0 fully saturated rings. The molecule has 0 saturated heterocycles. The second kappa shape index (κ2) is 10.8. The molecule has 154 valence electrons. The van der Waals surface area contributed by atoms with Gasteiger partial charge in [0.05, 0.1) is 6.42 Å². The Morgan fingerprint density at radius 1 is 1.00 bits per heavy atom. The second-order valence-corrected chi connectivity index (χ2v) is 7.44. The van der Waals surface area contributed by atoms with E-state index in [0.717, 1.165) is 27.8 Å². The van der Waals surface area contributed by atoms with Crippen molar-refractivity contribution in [3.8, 4) is 0 Å². The minimum Gasteiger partial charge on any atom is -0.427 e. The van der Waals surface area contributed by atoms with Crippen LogP contribution in [0.15, 0.2) is 42.5 Å². The van der Waals surface area contributed by atoms with Gasteiger partial charge in [0.25, 0.3) is 0 Å². The zero-order valence-corrected chi connectivity index (χ0v) is 17.2. The Bertz CT molecular complexity index is 837. The monoisotopic (exact) mass is 396 g/mol. The summed E-state index contributed by atoms with van der Waals surface area (Å²) in [5.41, 5.74) is 5.14. The lowest BCUT2D eigenvalue weighted by molar-refractivity contribution is -0.120. The fraction of sp³-hybridized carbons (Fsp3) is 0.364. The van der Waals surface area contributed by atoms with Crippen molar-refractivity contribution in [2.24, 2.45) is 0 Å². The number of rotatable bonds is 9. The summed E-state index contributed by atoms with van der Waals surface area (Å²) in [5.74, 6) is -0.749. The second-order valence-electron chi connectivity index (χ2n) is 7.44. The first-order valence-corrected chi connectivity index (χ1v) is 9.76. The van der Waals surface area contributed by atoms with Crippen molar-refractivity contribution in [1.29, 1.82) is 0 Å². The van der Waals surface area contributed by atoms with Gasteiger partial charge < -0.3 is 20.7 Å². The number of amides is 2. The molecular weight excluding hydrogens is 367 g/mol. The van der Waals surface area contributed by atoms with Crippen LogP contribution in [0.1, 0.15) is 34.7 Å². The number of aryl methyl sites for hydroxylation is 1. The maximum atomic E-state index is 12.3. The van der Waals surface area contributed by atoms with E-state index in [4.69, 9.17) is 0 Å². The normalized spacial score (nSPS) is 11.6. The van der Waals surface area contributed by atoms with E-state index in [1.54, 1.807) is 0 Å². The number of benzene rings is 2. The van der Waals surface area contributed by atoms with Crippen molar-refractivity contribution < 1.29 is 19.6 Å². The summed E-state index contributed by atoms with van der Waals surface area (Å²) >= 11 is 0. The van der Waals surface area contributed by atoms with E-state index in [0.29, 0.717) is 13.0 Å². The van der Waals surface area contributed by atoms with Gasteiger partial charge in [0.2, 0.25) is 11.8 Å². The summed E-state index contributed by atoms with van der Waals surface area (Å²) in [4.78, 5) is 23.2. The molecule has 0 spiro atoms. The zero-order chi connectivity index (χ0) is 21.4. The average Bonchev–Trinajstić information content (AvgIpc) is 2.67. The van der Waals surface area contributed by atoms with E-state index >= 15 is 0 Å². The lowest BCUT2D eigenvalue weighted by Crippen LogP contribution is -2.35. The Morgan fingerprint density at radius 3 is 2.28 bits per heavy atom. The van der Waals surface area contributed by atoms with E-state index in [-0.39, 0.29) is 24.8 Å². The van der Waals surface area contributed by atoms with E-state index in [2.05, 4.69) is 10.6 Å². The summed E-state index contributed by atoms with van der Waals surface area (Å²) in [7, 11) is -1.51. The van der Waals surface area contributed by atoms with Crippen LogP contribution in [0.25, 0.3) is 0 Å². The van der Waals surface area contributed by atoms with Crippen LogP contribution >= 0.6 is 0 Å². The highest BCUT2D eigenvalue weighted by Crippen LogP contribution is 2.20. The molecule has 1 atom stereocenters. The molecule has 0 radical (unpaired) electrons. The Kier molecular flexibility index (Phi) is 8.42. The van der Waals surface area contributed by atoms with E-state index in [9.17, 15) is 19.6 Å². The Hall–Kier alpha value is -2.64. The first kappa shape index (κ1) is 22.7. The summed E-state index contributed by atoms with van der Waals surface area (Å²) in [6.45, 7) is 6.14. The SMILES string of the molecule is CC(=O)NCc1ccc(CC(=O)NC[C@@H](Cc2cccc(C)c2C)B(O)O)cc1. The molecule has 0 bridgehead atoms. The van der Waals surface area contributed by atoms with Gasteiger partial charge in [-0.1, -0.05) is 42.5 Å². The fourth-order valence-corrected chi connectivity index (χ4v) is 3.09. The molecule has 2 amide bonds. The van der Waals surface area contributed by atoms with E-state index < -0.39 is 12.9 Å². The first-order valence-electron chi connectivity index (χ1n) is 9.76. The van der Waals surface area contributed by atoms with Gasteiger partial charge in [-0.15, -0.1) is 0 Å². The average molecular weight is 396 g/mol. The van der Waals surface area contributed by atoms with Crippen LogP contribution in [0, 0.1) is 13.8 Å². The van der Waals surface area contributed by atoms with Crippen LogP contribution in [-0.4, -0.2) is 35.5 Å². The van der Waals surface area contributed by atoms with Crippen molar-refractivity contribution >= 4 is 18.9 Å². The third-order valence-electron chi connectivity index (χ3n) is 5.11. The van der Waals surface area contributed by atoms with Gasteiger partial charge in [-0.05, 0) is 48.1 Å². The van der Waals surface area contributed by atoms with Crippen LogP contribution < -0.4 is 10.6 Å². The molecule has 29 heavy (non-hydrogen) atoms. The highest BCUT2D eigenvalue weighted by atomic mass is 16.4. The summed E-state index contributed by atoms with van der Waals surface area (Å²) in [6, 6.07) is 13.4. The molecule has 2 aromatic carbocycles. The molecule has 2 rings (SSSR count). The number of carbonyl (C=O) groups excluding carboxylic acids is 2. The third-order valence-corrected chi connectivity index (χ3v) is 5.11. The standard InChI is InChI=1S/C22H29BN2O4/c1-15-5-4-6-20(16(15)2)12-21(23(28)29)14-25-22(27)11-18-7-9-19(10-8-18)13-24-17(3)26/h4-10,21,28-29H,11-14H2,1-3H3,(H,24,26)(H,25,27)/t21-/m1/s1. The van der Waals surface area contributed by atoms with Crippen molar-refractivity contribution in [2.75, 3.05) is 6.54 Å². The Balaban J connectivity index is 1.88. The molecule has 0 heterocycles. The van der Waals surface area contributed by atoms with Crippen molar-refractivity contribution in [2.45, 2.75) is 46.0 Å². The van der Waals surface area contributed by atoms with Crippen molar-refractivity contribution in [1.82, 2.24) is 10.6 Å². The molecule has 0 aromatic heterocycles. The largest absolute Gasteiger partial charge is 0.456 e. The molecule has 0 aliphatic carbocycles. The van der Waals surface area contributed by atoms with Gasteiger partial charge >= 0.3 is 7.12 Å². The molecule has 0 unspecified atom stereocenters. The van der Waals surface area contributed by atoms with Gasteiger partial charge in [0.15, 0.2) is 0 Å². The number of hydrogen-bond acceptors (Lipinski definition) is 4. The molecule has 0 saturated carbocycles. The quantitative estimate of drug-likeness (QED) is 0.485. The molecule has 6 nitrogen and oxygen atoms in total. The maximum Gasteiger partial charge on any atom is 0.456 e. The summed E-state index contributed by atoms with van der Waals surface area (Å²) in [5, 5.41) is 25.0. The molecular formula is C22H29BN2O4. The lowest BCUT2D eigenvalue weighted by atomic mass is 9.69. The first-order chi connectivity index (χ1) is 13.8. The predicted molar refractivity (Wildman–Crippen MR) is 114 cm³/mol. The van der Waals surface area contributed by atoms with Crippen LogP contribution in [-0.2, 0) is 29.0 Å². The van der Waals surface area contributed by atoms with Gasteiger partial charge in [-0.3, -0.25) is 9.59 Å². The highest BCUT2D eigenvalue weighted by molar-refractivity contribution is 6.43. The smallest absolute Gasteiger partial charge is 0.427 e. The minimum absolute atomic E-state index is 0.0880. The third kappa shape index (κ3) is 7.36. The van der Waals surface area contributed by atoms with Crippen molar-refractivity contribution in [3.05, 3.63) is 70.3 Å². The Morgan fingerprint density at radius 2 is 1.66 bits per heavy atom. The van der Waals surface area contributed by atoms with Crippen molar-refractivity contribution in [3.63, 3.8) is 0 Å². The summed E-state index contributed by atoms with van der Waals surface area (Å²) < 4.78 is 0. The van der Waals surface area contributed by atoms with Crippen LogP contribution in [0.4, 0.5) is 0 Å². The zero-order valence-electron chi connectivity index (χ0n) is 17.2. The molecule has 7 heteroatoms. The fourth-order valence-electron chi connectivity index (χ4n) is 3.09.